The van der Waals surface area contributed by atoms with Crippen LogP contribution in [-0.4, -0.2) is 47.8 Å². The number of hydrogen-bond acceptors (Lipinski definition) is 8. The molecule has 1 aliphatic heterocycles. The fraction of sp³-hybridized carbons (Fsp3) is 0.647. The molecule has 0 aliphatic carbocycles. The number of hydrogen-bond donors (Lipinski definition) is 1. The lowest BCUT2D eigenvalue weighted by molar-refractivity contribution is 0.358. The van der Waals surface area contributed by atoms with Gasteiger partial charge in [-0.1, -0.05) is 19.0 Å². The van der Waals surface area contributed by atoms with E-state index in [0.717, 1.165) is 43.4 Å². The first kappa shape index (κ1) is 17.6. The molecule has 0 amide bonds. The van der Waals surface area contributed by atoms with Gasteiger partial charge in [-0.2, -0.15) is 9.97 Å². The molecule has 8 heteroatoms. The Morgan fingerprint density at radius 2 is 1.96 bits per heavy atom. The number of fused-ring (bicyclic) bond motifs is 1. The van der Waals surface area contributed by atoms with Gasteiger partial charge in [-0.15, -0.1) is 0 Å². The Balaban J connectivity index is 1.84. The van der Waals surface area contributed by atoms with Crippen LogP contribution in [0.1, 0.15) is 36.8 Å². The van der Waals surface area contributed by atoms with E-state index in [1.807, 2.05) is 26.0 Å². The minimum absolute atomic E-state index is 0.495. The smallest absolute Gasteiger partial charge is 0.227 e. The fourth-order valence-electron chi connectivity index (χ4n) is 2.92. The molecule has 0 saturated carbocycles. The molecule has 0 unspecified atom stereocenters. The maximum absolute atomic E-state index is 5.35. The van der Waals surface area contributed by atoms with Gasteiger partial charge >= 0.3 is 0 Å². The van der Waals surface area contributed by atoms with Crippen LogP contribution < -0.4 is 15.1 Å². The maximum atomic E-state index is 5.35. The normalized spacial score (nSPS) is 13.8. The summed E-state index contributed by atoms with van der Waals surface area (Å²) in [5.41, 5.74) is 2.28. The Morgan fingerprint density at radius 3 is 2.68 bits per heavy atom. The molecule has 0 atom stereocenters. The van der Waals surface area contributed by atoms with Crippen molar-refractivity contribution >= 4 is 11.8 Å². The molecule has 0 bridgehead atoms. The SMILES string of the molecule is CC(C)Cc1nc(CN(C)c2nc(N(C)C)nc3c2CCNC3)no1. The van der Waals surface area contributed by atoms with Gasteiger partial charge in [0.15, 0.2) is 5.82 Å². The Hall–Kier alpha value is -2.22. The highest BCUT2D eigenvalue weighted by Gasteiger charge is 2.21. The minimum Gasteiger partial charge on any atom is -0.352 e. The number of nitrogens with one attached hydrogen (secondary N) is 1. The molecule has 0 saturated heterocycles. The molecule has 0 radical (unpaired) electrons. The van der Waals surface area contributed by atoms with Crippen molar-refractivity contribution in [1.82, 2.24) is 25.4 Å². The molecule has 0 spiro atoms. The van der Waals surface area contributed by atoms with Crippen LogP contribution in [0.5, 0.6) is 0 Å². The second kappa shape index (κ2) is 7.35. The summed E-state index contributed by atoms with van der Waals surface area (Å²) in [7, 11) is 5.93. The van der Waals surface area contributed by atoms with Gasteiger partial charge in [0, 0.05) is 39.7 Å². The van der Waals surface area contributed by atoms with Gasteiger partial charge in [0.05, 0.1) is 12.2 Å². The molecular weight excluding hydrogens is 318 g/mol. The molecule has 3 heterocycles. The van der Waals surface area contributed by atoms with Gasteiger partial charge in [0.25, 0.3) is 0 Å². The largest absolute Gasteiger partial charge is 0.352 e. The van der Waals surface area contributed by atoms with Crippen molar-refractivity contribution < 1.29 is 4.52 Å². The average Bonchev–Trinajstić information content (AvgIpc) is 2.99. The number of nitrogens with zero attached hydrogens (tertiary/aromatic N) is 6. The first-order chi connectivity index (χ1) is 11.9. The molecule has 2 aromatic heterocycles. The van der Waals surface area contributed by atoms with E-state index < -0.39 is 0 Å². The van der Waals surface area contributed by atoms with Crippen LogP contribution in [0.25, 0.3) is 0 Å². The highest BCUT2D eigenvalue weighted by Crippen LogP contribution is 2.26. The van der Waals surface area contributed by atoms with Gasteiger partial charge in [-0.3, -0.25) is 0 Å². The zero-order valence-corrected chi connectivity index (χ0v) is 15.7. The molecule has 3 rings (SSSR count). The second-order valence-corrected chi connectivity index (χ2v) is 7.15. The van der Waals surface area contributed by atoms with E-state index >= 15 is 0 Å². The maximum Gasteiger partial charge on any atom is 0.227 e. The highest BCUT2D eigenvalue weighted by atomic mass is 16.5. The van der Waals surface area contributed by atoms with Gasteiger partial charge < -0.3 is 19.6 Å². The van der Waals surface area contributed by atoms with Crippen LogP contribution in [0.15, 0.2) is 4.52 Å². The predicted molar refractivity (Wildman–Crippen MR) is 96.7 cm³/mol. The Morgan fingerprint density at radius 1 is 1.16 bits per heavy atom. The molecule has 0 aromatic carbocycles. The van der Waals surface area contributed by atoms with Gasteiger partial charge in [0.2, 0.25) is 11.8 Å². The van der Waals surface area contributed by atoms with Gasteiger partial charge in [-0.05, 0) is 18.9 Å². The fourth-order valence-corrected chi connectivity index (χ4v) is 2.92. The van der Waals surface area contributed by atoms with Gasteiger partial charge in [-0.25, -0.2) is 4.98 Å². The zero-order chi connectivity index (χ0) is 18.0. The minimum atomic E-state index is 0.495. The van der Waals surface area contributed by atoms with Gasteiger partial charge in [0.1, 0.15) is 5.82 Å². The second-order valence-electron chi connectivity index (χ2n) is 7.15. The molecule has 0 fully saturated rings. The molecule has 1 N–H and O–H groups in total. The van der Waals surface area contributed by atoms with Crippen LogP contribution in [0.4, 0.5) is 11.8 Å². The van der Waals surface area contributed by atoms with E-state index in [9.17, 15) is 0 Å². The first-order valence-corrected chi connectivity index (χ1v) is 8.74. The topological polar surface area (TPSA) is 83.2 Å². The molecule has 136 valence electrons. The molecular formula is C17H27N7O. The van der Waals surface area contributed by atoms with Crippen LogP contribution >= 0.6 is 0 Å². The summed E-state index contributed by atoms with van der Waals surface area (Å²) < 4.78 is 5.35. The first-order valence-electron chi connectivity index (χ1n) is 8.74. The summed E-state index contributed by atoms with van der Waals surface area (Å²) in [4.78, 5) is 18.0. The van der Waals surface area contributed by atoms with Crippen LogP contribution in [0.3, 0.4) is 0 Å². The number of anilines is 2. The molecule has 1 aliphatic rings. The van der Waals surface area contributed by atoms with Crippen molar-refractivity contribution in [2.45, 2.75) is 39.8 Å². The highest BCUT2D eigenvalue weighted by molar-refractivity contribution is 5.53. The van der Waals surface area contributed by atoms with E-state index in [4.69, 9.17) is 9.51 Å². The molecule has 2 aromatic rings. The van der Waals surface area contributed by atoms with Crippen LogP contribution in [0.2, 0.25) is 0 Å². The van der Waals surface area contributed by atoms with E-state index in [0.29, 0.717) is 24.2 Å². The summed E-state index contributed by atoms with van der Waals surface area (Å²) in [5.74, 6) is 3.55. The van der Waals surface area contributed by atoms with E-state index in [1.54, 1.807) is 0 Å². The standard InChI is InChI=1S/C17H27N7O/c1-11(2)8-15-20-14(22-25-15)10-24(5)16-12-6-7-18-9-13(12)19-17(21-16)23(3)4/h11,18H,6-10H2,1-5H3. The summed E-state index contributed by atoms with van der Waals surface area (Å²) in [5, 5.41) is 7.49. The summed E-state index contributed by atoms with van der Waals surface area (Å²) in [6, 6.07) is 0. The van der Waals surface area contributed by atoms with Crippen molar-refractivity contribution in [1.29, 1.82) is 0 Å². The molecule has 8 nitrogen and oxygen atoms in total. The third kappa shape index (κ3) is 4.07. The molecule has 25 heavy (non-hydrogen) atoms. The lowest BCUT2D eigenvalue weighted by Gasteiger charge is -2.26. The predicted octanol–water partition coefficient (Wildman–Crippen LogP) is 1.41. The zero-order valence-electron chi connectivity index (χ0n) is 15.7. The Labute approximate surface area is 148 Å². The van der Waals surface area contributed by atoms with Crippen molar-refractivity contribution in [3.8, 4) is 0 Å². The Kier molecular flexibility index (Phi) is 5.17. The van der Waals surface area contributed by atoms with Crippen molar-refractivity contribution in [2.75, 3.05) is 37.5 Å². The Bertz CT molecular complexity index is 726. The van der Waals surface area contributed by atoms with E-state index in [1.165, 1.54) is 5.56 Å². The number of rotatable bonds is 6. The number of aromatic nitrogens is 4. The van der Waals surface area contributed by atoms with Crippen molar-refractivity contribution in [3.63, 3.8) is 0 Å². The lowest BCUT2D eigenvalue weighted by atomic mass is 10.1. The third-order valence-corrected chi connectivity index (χ3v) is 4.14. The summed E-state index contributed by atoms with van der Waals surface area (Å²) in [6.07, 6.45) is 1.73. The third-order valence-electron chi connectivity index (χ3n) is 4.14. The van der Waals surface area contributed by atoms with Crippen molar-refractivity contribution in [2.24, 2.45) is 5.92 Å². The van der Waals surface area contributed by atoms with E-state index in [2.05, 4.69) is 39.2 Å². The van der Waals surface area contributed by atoms with E-state index in [-0.39, 0.29) is 0 Å². The van der Waals surface area contributed by atoms with Crippen molar-refractivity contribution in [3.05, 3.63) is 23.0 Å². The monoisotopic (exact) mass is 345 g/mol. The average molecular weight is 345 g/mol. The van der Waals surface area contributed by atoms with Crippen LogP contribution in [-0.2, 0) is 25.9 Å². The summed E-state index contributed by atoms with van der Waals surface area (Å²) >= 11 is 0. The van der Waals surface area contributed by atoms with Crippen LogP contribution in [0, 0.1) is 5.92 Å². The quantitative estimate of drug-likeness (QED) is 0.841. The lowest BCUT2D eigenvalue weighted by Crippen LogP contribution is -2.30. The summed E-state index contributed by atoms with van der Waals surface area (Å²) in [6.45, 7) is 6.56.